The van der Waals surface area contributed by atoms with Crippen molar-refractivity contribution in [1.82, 2.24) is 10.2 Å². The first-order chi connectivity index (χ1) is 13.1. The summed E-state index contributed by atoms with van der Waals surface area (Å²) in [6, 6.07) is 18.4. The minimum atomic E-state index is -0.640. The molecule has 2 rings (SSSR count). The molecule has 0 heterocycles. The van der Waals surface area contributed by atoms with Gasteiger partial charge in [0.2, 0.25) is 5.91 Å². The molecule has 0 aliphatic heterocycles. The maximum Gasteiger partial charge on any atom is 0.258 e. The number of carbonyl (C=O) groups is 2. The first-order valence-corrected chi connectivity index (χ1v) is 9.10. The van der Waals surface area contributed by atoms with Crippen LogP contribution in [0.25, 0.3) is 0 Å². The van der Waals surface area contributed by atoms with Crippen LogP contribution in [0.4, 0.5) is 0 Å². The fourth-order valence-electron chi connectivity index (χ4n) is 2.68. The summed E-state index contributed by atoms with van der Waals surface area (Å²) >= 11 is 0. The molecule has 27 heavy (non-hydrogen) atoms. The molecule has 1 atom stereocenters. The van der Waals surface area contributed by atoms with Crippen LogP contribution in [0.1, 0.15) is 12.5 Å². The molecule has 0 radical (unpaired) electrons. The number of para-hydroxylation sites is 1. The standard InChI is InChI=1S/C21H27N3O3/c1-17(23-20(25)16-27-19-10-6-3-7-11-19)21(26)24(15-13-22)14-12-18-8-4-2-5-9-18/h2-11,17H,12-16,22H2,1H3,(H,23,25). The third kappa shape index (κ3) is 7.11. The molecule has 0 saturated heterocycles. The van der Waals surface area contributed by atoms with E-state index in [-0.39, 0.29) is 18.4 Å². The molecule has 0 spiro atoms. The van der Waals surface area contributed by atoms with Crippen molar-refractivity contribution in [3.8, 4) is 5.75 Å². The van der Waals surface area contributed by atoms with Crippen LogP contribution < -0.4 is 15.8 Å². The molecular weight excluding hydrogens is 342 g/mol. The van der Waals surface area contributed by atoms with Gasteiger partial charge in [0.1, 0.15) is 11.8 Å². The molecule has 2 aromatic rings. The van der Waals surface area contributed by atoms with E-state index in [1.165, 1.54) is 0 Å². The number of carbonyl (C=O) groups excluding carboxylic acids is 2. The lowest BCUT2D eigenvalue weighted by Gasteiger charge is -2.26. The molecule has 3 N–H and O–H groups in total. The maximum atomic E-state index is 12.7. The van der Waals surface area contributed by atoms with Crippen molar-refractivity contribution in [2.24, 2.45) is 5.73 Å². The summed E-state index contributed by atoms with van der Waals surface area (Å²) in [6.45, 7) is 2.92. The highest BCUT2D eigenvalue weighted by Gasteiger charge is 2.21. The van der Waals surface area contributed by atoms with Crippen molar-refractivity contribution in [2.75, 3.05) is 26.2 Å². The van der Waals surface area contributed by atoms with Crippen LogP contribution in [-0.2, 0) is 16.0 Å². The first kappa shape index (κ1) is 20.5. The Hall–Kier alpha value is -2.86. The highest BCUT2D eigenvalue weighted by molar-refractivity contribution is 5.87. The van der Waals surface area contributed by atoms with Gasteiger partial charge in [-0.2, -0.15) is 0 Å². The molecule has 2 amide bonds. The van der Waals surface area contributed by atoms with Gasteiger partial charge in [-0.25, -0.2) is 0 Å². The predicted molar refractivity (Wildman–Crippen MR) is 105 cm³/mol. The van der Waals surface area contributed by atoms with Gasteiger partial charge in [0.05, 0.1) is 0 Å². The summed E-state index contributed by atoms with van der Waals surface area (Å²) in [5.41, 5.74) is 6.80. The normalized spacial score (nSPS) is 11.5. The van der Waals surface area contributed by atoms with Gasteiger partial charge in [-0.1, -0.05) is 48.5 Å². The molecule has 0 saturated carbocycles. The largest absolute Gasteiger partial charge is 0.484 e. The number of nitrogens with zero attached hydrogens (tertiary/aromatic N) is 1. The molecular formula is C21H27N3O3. The molecule has 1 unspecified atom stereocenters. The highest BCUT2D eigenvalue weighted by Crippen LogP contribution is 2.08. The number of hydrogen-bond donors (Lipinski definition) is 2. The predicted octanol–water partition coefficient (Wildman–Crippen LogP) is 1.60. The van der Waals surface area contributed by atoms with Crippen LogP contribution in [0.15, 0.2) is 60.7 Å². The Bertz CT molecular complexity index is 707. The van der Waals surface area contributed by atoms with Crippen molar-refractivity contribution >= 4 is 11.8 Å². The van der Waals surface area contributed by atoms with Gasteiger partial charge in [0, 0.05) is 19.6 Å². The van der Waals surface area contributed by atoms with E-state index < -0.39 is 6.04 Å². The fraction of sp³-hybridized carbons (Fsp3) is 0.333. The van der Waals surface area contributed by atoms with Crippen LogP contribution in [-0.4, -0.2) is 49.0 Å². The lowest BCUT2D eigenvalue weighted by molar-refractivity contribution is -0.136. The fourth-order valence-corrected chi connectivity index (χ4v) is 2.68. The van der Waals surface area contributed by atoms with Crippen LogP contribution >= 0.6 is 0 Å². The smallest absolute Gasteiger partial charge is 0.258 e. The van der Waals surface area contributed by atoms with E-state index >= 15 is 0 Å². The van der Waals surface area contributed by atoms with Gasteiger partial charge in [-0.3, -0.25) is 9.59 Å². The van der Waals surface area contributed by atoms with Crippen molar-refractivity contribution in [3.63, 3.8) is 0 Å². The Kier molecular flexibility index (Phi) is 8.32. The third-order valence-electron chi connectivity index (χ3n) is 4.08. The second-order valence-electron chi connectivity index (χ2n) is 6.24. The molecule has 0 fully saturated rings. The lowest BCUT2D eigenvalue weighted by Crippen LogP contribution is -2.49. The van der Waals surface area contributed by atoms with E-state index in [4.69, 9.17) is 10.5 Å². The van der Waals surface area contributed by atoms with Crippen molar-refractivity contribution in [1.29, 1.82) is 0 Å². The summed E-state index contributed by atoms with van der Waals surface area (Å²) in [5.74, 6) is 0.124. The number of ether oxygens (including phenoxy) is 1. The average molecular weight is 369 g/mol. The van der Waals surface area contributed by atoms with Crippen LogP contribution in [0, 0.1) is 0 Å². The zero-order valence-corrected chi connectivity index (χ0v) is 15.6. The maximum absolute atomic E-state index is 12.7. The quantitative estimate of drug-likeness (QED) is 0.666. The SMILES string of the molecule is CC(NC(=O)COc1ccccc1)C(=O)N(CCN)CCc1ccccc1. The van der Waals surface area contributed by atoms with E-state index in [9.17, 15) is 9.59 Å². The molecule has 0 aliphatic rings. The second kappa shape index (κ2) is 11.0. The highest BCUT2D eigenvalue weighted by atomic mass is 16.5. The number of nitrogens with one attached hydrogen (secondary N) is 1. The van der Waals surface area contributed by atoms with Crippen molar-refractivity contribution < 1.29 is 14.3 Å². The van der Waals surface area contributed by atoms with E-state index in [1.54, 1.807) is 24.0 Å². The summed E-state index contributed by atoms with van der Waals surface area (Å²) in [5, 5.41) is 2.69. The molecule has 6 nitrogen and oxygen atoms in total. The van der Waals surface area contributed by atoms with Crippen molar-refractivity contribution in [2.45, 2.75) is 19.4 Å². The molecule has 0 aromatic heterocycles. The van der Waals surface area contributed by atoms with E-state index in [2.05, 4.69) is 5.32 Å². The number of benzene rings is 2. The van der Waals surface area contributed by atoms with Gasteiger partial charge >= 0.3 is 0 Å². The monoisotopic (exact) mass is 369 g/mol. The lowest BCUT2D eigenvalue weighted by atomic mass is 10.1. The van der Waals surface area contributed by atoms with Gasteiger partial charge in [-0.05, 0) is 31.0 Å². The molecule has 6 heteroatoms. The number of rotatable bonds is 10. The summed E-state index contributed by atoms with van der Waals surface area (Å²) in [7, 11) is 0. The van der Waals surface area contributed by atoms with Gasteiger partial charge in [0.15, 0.2) is 6.61 Å². The van der Waals surface area contributed by atoms with E-state index in [0.717, 1.165) is 12.0 Å². The molecule has 2 aromatic carbocycles. The second-order valence-corrected chi connectivity index (χ2v) is 6.24. The zero-order chi connectivity index (χ0) is 19.5. The summed E-state index contributed by atoms with van der Waals surface area (Å²) < 4.78 is 5.40. The molecule has 144 valence electrons. The van der Waals surface area contributed by atoms with E-state index in [0.29, 0.717) is 25.4 Å². The summed E-state index contributed by atoms with van der Waals surface area (Å²) in [4.78, 5) is 26.4. The average Bonchev–Trinajstić information content (AvgIpc) is 2.70. The Labute approximate surface area is 160 Å². The first-order valence-electron chi connectivity index (χ1n) is 9.10. The van der Waals surface area contributed by atoms with Crippen molar-refractivity contribution in [3.05, 3.63) is 66.2 Å². The number of nitrogens with two attached hydrogens (primary N) is 1. The van der Waals surface area contributed by atoms with Gasteiger partial charge < -0.3 is 20.7 Å². The zero-order valence-electron chi connectivity index (χ0n) is 15.6. The summed E-state index contributed by atoms with van der Waals surface area (Å²) in [6.07, 6.45) is 0.740. The Morgan fingerprint density at radius 1 is 1.04 bits per heavy atom. The molecule has 0 aliphatic carbocycles. The van der Waals surface area contributed by atoms with E-state index in [1.807, 2.05) is 48.5 Å². The Morgan fingerprint density at radius 3 is 2.30 bits per heavy atom. The van der Waals surface area contributed by atoms with Gasteiger partial charge in [0.25, 0.3) is 5.91 Å². The minimum Gasteiger partial charge on any atom is -0.484 e. The van der Waals surface area contributed by atoms with Crippen LogP contribution in [0.2, 0.25) is 0 Å². The topological polar surface area (TPSA) is 84.7 Å². The number of amides is 2. The van der Waals surface area contributed by atoms with Crippen LogP contribution in [0.3, 0.4) is 0 Å². The minimum absolute atomic E-state index is 0.136. The third-order valence-corrected chi connectivity index (χ3v) is 4.08. The Morgan fingerprint density at radius 2 is 1.67 bits per heavy atom. The number of hydrogen-bond acceptors (Lipinski definition) is 4. The Balaban J connectivity index is 1.83. The van der Waals surface area contributed by atoms with Gasteiger partial charge in [-0.15, -0.1) is 0 Å². The molecule has 0 bridgehead atoms. The van der Waals surface area contributed by atoms with Crippen LogP contribution in [0.5, 0.6) is 5.75 Å².